The van der Waals surface area contributed by atoms with E-state index in [0.29, 0.717) is 0 Å². The van der Waals surface area contributed by atoms with Crippen molar-refractivity contribution in [3.8, 4) is 0 Å². The number of rotatable bonds is 3. The molecule has 0 spiro atoms. The van der Waals surface area contributed by atoms with Crippen molar-refractivity contribution in [2.75, 3.05) is 6.54 Å². The Morgan fingerprint density at radius 1 is 0.933 bits per heavy atom. The fraction of sp³-hybridized carbons (Fsp3) is 1.00. The Morgan fingerprint density at radius 2 is 1.67 bits per heavy atom. The highest BCUT2D eigenvalue weighted by Gasteiger charge is 2.23. The Hall–Kier alpha value is -0.0400. The second kappa shape index (κ2) is 5.89. The number of hydrogen-bond donors (Lipinski definition) is 1. The van der Waals surface area contributed by atoms with E-state index in [1.807, 2.05) is 0 Å². The normalized spacial score (nSPS) is 37.8. The van der Waals surface area contributed by atoms with E-state index in [2.05, 4.69) is 12.2 Å². The first kappa shape index (κ1) is 11.4. The molecule has 1 atom stereocenters. The molecule has 0 aromatic carbocycles. The molecule has 0 bridgehead atoms. The van der Waals surface area contributed by atoms with Crippen LogP contribution < -0.4 is 5.32 Å². The first-order valence-electron chi connectivity index (χ1n) is 7.12. The van der Waals surface area contributed by atoms with Crippen LogP contribution in [0.2, 0.25) is 0 Å². The summed E-state index contributed by atoms with van der Waals surface area (Å²) < 4.78 is 0. The summed E-state index contributed by atoms with van der Waals surface area (Å²) in [6, 6.07) is 0.863. The molecular formula is C14H27N. The van der Waals surface area contributed by atoms with E-state index < -0.39 is 0 Å². The molecule has 0 radical (unpaired) electrons. The Morgan fingerprint density at radius 3 is 2.27 bits per heavy atom. The van der Waals surface area contributed by atoms with Gasteiger partial charge in [0, 0.05) is 6.04 Å². The first-order valence-corrected chi connectivity index (χ1v) is 7.12. The molecular weight excluding hydrogens is 182 g/mol. The SMILES string of the molecule is CCC1CCC(CC2CCCCN2)CC1. The second-order valence-electron chi connectivity index (χ2n) is 5.68. The quantitative estimate of drug-likeness (QED) is 0.746. The number of nitrogens with one attached hydrogen (secondary N) is 1. The Balaban J connectivity index is 1.67. The van der Waals surface area contributed by atoms with Gasteiger partial charge in [-0.25, -0.2) is 0 Å². The van der Waals surface area contributed by atoms with E-state index in [1.165, 1.54) is 64.3 Å². The van der Waals surface area contributed by atoms with Gasteiger partial charge in [-0.2, -0.15) is 0 Å². The van der Waals surface area contributed by atoms with Gasteiger partial charge in [-0.15, -0.1) is 0 Å². The van der Waals surface area contributed by atoms with Crippen LogP contribution >= 0.6 is 0 Å². The average molecular weight is 209 g/mol. The van der Waals surface area contributed by atoms with Gasteiger partial charge in [-0.1, -0.05) is 45.4 Å². The Labute approximate surface area is 95.0 Å². The molecule has 1 heteroatoms. The minimum absolute atomic E-state index is 0.863. The summed E-state index contributed by atoms with van der Waals surface area (Å²) in [5.74, 6) is 2.10. The third-order valence-corrected chi connectivity index (χ3v) is 4.57. The lowest BCUT2D eigenvalue weighted by Crippen LogP contribution is -2.36. The van der Waals surface area contributed by atoms with Crippen LogP contribution in [-0.4, -0.2) is 12.6 Å². The summed E-state index contributed by atoms with van der Waals surface area (Å²) in [6.45, 7) is 3.63. The van der Waals surface area contributed by atoms with Gasteiger partial charge in [0.05, 0.1) is 0 Å². The fourth-order valence-corrected chi connectivity index (χ4v) is 3.40. The molecule has 1 unspecified atom stereocenters. The standard InChI is InChI=1S/C14H27N/c1-2-12-6-8-13(9-7-12)11-14-5-3-4-10-15-14/h12-15H,2-11H2,1H3. The van der Waals surface area contributed by atoms with Crippen molar-refractivity contribution in [3.05, 3.63) is 0 Å². The summed E-state index contributed by atoms with van der Waals surface area (Å²) in [4.78, 5) is 0. The first-order chi connectivity index (χ1) is 7.38. The van der Waals surface area contributed by atoms with Crippen molar-refractivity contribution in [1.82, 2.24) is 5.32 Å². The predicted molar refractivity (Wildman–Crippen MR) is 66.0 cm³/mol. The lowest BCUT2D eigenvalue weighted by atomic mass is 9.77. The minimum atomic E-state index is 0.863. The van der Waals surface area contributed by atoms with Crippen LogP contribution in [0.1, 0.15) is 64.7 Å². The van der Waals surface area contributed by atoms with Crippen LogP contribution in [0.3, 0.4) is 0 Å². The summed E-state index contributed by atoms with van der Waals surface area (Å²) in [7, 11) is 0. The highest BCUT2D eigenvalue weighted by Crippen LogP contribution is 2.33. The number of piperidine rings is 1. The second-order valence-corrected chi connectivity index (χ2v) is 5.68. The minimum Gasteiger partial charge on any atom is -0.314 e. The fourth-order valence-electron chi connectivity index (χ4n) is 3.40. The molecule has 1 saturated heterocycles. The lowest BCUT2D eigenvalue weighted by molar-refractivity contribution is 0.227. The number of hydrogen-bond acceptors (Lipinski definition) is 1. The molecule has 2 aliphatic rings. The smallest absolute Gasteiger partial charge is 0.00697 e. The van der Waals surface area contributed by atoms with Crippen molar-refractivity contribution >= 4 is 0 Å². The zero-order valence-corrected chi connectivity index (χ0v) is 10.3. The highest BCUT2D eigenvalue weighted by atomic mass is 14.9. The third kappa shape index (κ3) is 3.48. The van der Waals surface area contributed by atoms with E-state index in [0.717, 1.165) is 17.9 Å². The third-order valence-electron chi connectivity index (χ3n) is 4.57. The van der Waals surface area contributed by atoms with E-state index in [4.69, 9.17) is 0 Å². The molecule has 1 heterocycles. The van der Waals surface area contributed by atoms with E-state index in [1.54, 1.807) is 0 Å². The molecule has 0 aromatic rings. The molecule has 0 amide bonds. The zero-order chi connectivity index (χ0) is 10.5. The van der Waals surface area contributed by atoms with Gasteiger partial charge >= 0.3 is 0 Å². The van der Waals surface area contributed by atoms with Crippen LogP contribution in [0.15, 0.2) is 0 Å². The van der Waals surface area contributed by atoms with Crippen LogP contribution in [0.5, 0.6) is 0 Å². The topological polar surface area (TPSA) is 12.0 Å². The van der Waals surface area contributed by atoms with Crippen LogP contribution in [-0.2, 0) is 0 Å². The maximum Gasteiger partial charge on any atom is 0.00697 e. The molecule has 15 heavy (non-hydrogen) atoms. The molecule has 2 rings (SSSR count). The summed E-state index contributed by atoms with van der Waals surface area (Å²) in [6.07, 6.45) is 13.2. The van der Waals surface area contributed by atoms with Gasteiger partial charge < -0.3 is 5.32 Å². The van der Waals surface area contributed by atoms with E-state index >= 15 is 0 Å². The van der Waals surface area contributed by atoms with Crippen molar-refractivity contribution in [2.45, 2.75) is 70.8 Å². The van der Waals surface area contributed by atoms with Gasteiger partial charge in [0.15, 0.2) is 0 Å². The monoisotopic (exact) mass is 209 g/mol. The summed E-state index contributed by atoms with van der Waals surface area (Å²) >= 11 is 0. The van der Waals surface area contributed by atoms with Crippen molar-refractivity contribution in [3.63, 3.8) is 0 Å². The summed E-state index contributed by atoms with van der Waals surface area (Å²) in [5, 5.41) is 3.69. The lowest BCUT2D eigenvalue weighted by Gasteiger charge is -2.32. The van der Waals surface area contributed by atoms with Gasteiger partial charge in [0.2, 0.25) is 0 Å². The van der Waals surface area contributed by atoms with Crippen LogP contribution in [0, 0.1) is 11.8 Å². The molecule has 1 aliphatic heterocycles. The average Bonchev–Trinajstić information content (AvgIpc) is 2.31. The molecule has 1 saturated carbocycles. The molecule has 0 aromatic heterocycles. The van der Waals surface area contributed by atoms with E-state index in [-0.39, 0.29) is 0 Å². The van der Waals surface area contributed by atoms with Crippen molar-refractivity contribution in [1.29, 1.82) is 0 Å². The van der Waals surface area contributed by atoms with Gasteiger partial charge in [0.25, 0.3) is 0 Å². The van der Waals surface area contributed by atoms with Crippen molar-refractivity contribution < 1.29 is 0 Å². The summed E-state index contributed by atoms with van der Waals surface area (Å²) in [5.41, 5.74) is 0. The van der Waals surface area contributed by atoms with Crippen molar-refractivity contribution in [2.24, 2.45) is 11.8 Å². The highest BCUT2D eigenvalue weighted by molar-refractivity contribution is 4.79. The largest absolute Gasteiger partial charge is 0.314 e. The molecule has 1 N–H and O–H groups in total. The molecule has 1 nitrogen and oxygen atoms in total. The van der Waals surface area contributed by atoms with Crippen LogP contribution in [0.4, 0.5) is 0 Å². The van der Waals surface area contributed by atoms with Gasteiger partial charge in [-0.05, 0) is 37.6 Å². The molecule has 2 fully saturated rings. The zero-order valence-electron chi connectivity index (χ0n) is 10.3. The van der Waals surface area contributed by atoms with Gasteiger partial charge in [-0.3, -0.25) is 0 Å². The van der Waals surface area contributed by atoms with E-state index in [9.17, 15) is 0 Å². The molecule has 88 valence electrons. The maximum absolute atomic E-state index is 3.69. The van der Waals surface area contributed by atoms with Crippen LogP contribution in [0.25, 0.3) is 0 Å². The Bertz CT molecular complexity index is 164. The predicted octanol–water partition coefficient (Wildman–Crippen LogP) is 3.74. The Kier molecular flexibility index (Phi) is 4.49. The van der Waals surface area contributed by atoms with Gasteiger partial charge in [0.1, 0.15) is 0 Å². The maximum atomic E-state index is 3.69. The molecule has 1 aliphatic carbocycles.